The second-order valence-corrected chi connectivity index (χ2v) is 6.74. The van der Waals surface area contributed by atoms with Crippen molar-refractivity contribution in [1.82, 2.24) is 0 Å². The molecule has 0 aliphatic heterocycles. The smallest absolute Gasteiger partial charge is 0.0107 e. The summed E-state index contributed by atoms with van der Waals surface area (Å²) in [5.74, 6) is 0. The van der Waals surface area contributed by atoms with Crippen molar-refractivity contribution in [2.75, 3.05) is 6.54 Å². The van der Waals surface area contributed by atoms with Gasteiger partial charge in [0, 0.05) is 10.3 Å². The van der Waals surface area contributed by atoms with Crippen LogP contribution in [-0.2, 0) is 5.41 Å². The van der Waals surface area contributed by atoms with E-state index in [2.05, 4.69) is 17.5 Å². The predicted octanol–water partition coefficient (Wildman–Crippen LogP) is 3.69. The van der Waals surface area contributed by atoms with Crippen molar-refractivity contribution in [3.63, 3.8) is 0 Å². The van der Waals surface area contributed by atoms with Crippen LogP contribution in [0, 0.1) is 5.41 Å². The highest BCUT2D eigenvalue weighted by Gasteiger charge is 2.48. The van der Waals surface area contributed by atoms with E-state index in [4.69, 9.17) is 5.73 Å². The third-order valence-corrected chi connectivity index (χ3v) is 6.24. The Morgan fingerprint density at radius 2 is 1.81 bits per heavy atom. The Hall–Kier alpha value is -0.340. The Morgan fingerprint density at radius 3 is 2.31 bits per heavy atom. The summed E-state index contributed by atoms with van der Waals surface area (Å²) in [5, 5.41) is 2.24. The molecule has 0 radical (unpaired) electrons. The maximum atomic E-state index is 5.77. The molecular formula is C14H21NS. The van der Waals surface area contributed by atoms with Crippen molar-refractivity contribution in [1.29, 1.82) is 0 Å². The molecule has 0 atom stereocenters. The van der Waals surface area contributed by atoms with Gasteiger partial charge in [-0.3, -0.25) is 0 Å². The van der Waals surface area contributed by atoms with Crippen LogP contribution in [0.25, 0.3) is 0 Å². The highest BCUT2D eigenvalue weighted by molar-refractivity contribution is 7.10. The second-order valence-electron chi connectivity index (χ2n) is 5.80. The van der Waals surface area contributed by atoms with E-state index >= 15 is 0 Å². The Kier molecular flexibility index (Phi) is 2.60. The summed E-state index contributed by atoms with van der Waals surface area (Å²) >= 11 is 1.97. The largest absolute Gasteiger partial charge is 0.330 e. The van der Waals surface area contributed by atoms with Gasteiger partial charge in [-0.15, -0.1) is 11.3 Å². The van der Waals surface area contributed by atoms with Gasteiger partial charge in [-0.25, -0.2) is 0 Å². The lowest BCUT2D eigenvalue weighted by Gasteiger charge is -2.53. The first-order valence-electron chi connectivity index (χ1n) is 6.53. The van der Waals surface area contributed by atoms with Gasteiger partial charge >= 0.3 is 0 Å². The van der Waals surface area contributed by atoms with Crippen molar-refractivity contribution < 1.29 is 0 Å². The minimum atomic E-state index is 0.560. The number of rotatable bonds is 3. The molecule has 1 heterocycles. The predicted molar refractivity (Wildman–Crippen MR) is 69.8 cm³/mol. The minimum Gasteiger partial charge on any atom is -0.330 e. The zero-order valence-corrected chi connectivity index (χ0v) is 10.7. The van der Waals surface area contributed by atoms with Crippen molar-refractivity contribution in [2.24, 2.45) is 11.1 Å². The summed E-state index contributed by atoms with van der Waals surface area (Å²) in [7, 11) is 0. The van der Waals surface area contributed by atoms with Crippen LogP contribution >= 0.6 is 11.3 Å². The van der Waals surface area contributed by atoms with Crippen LogP contribution in [0.5, 0.6) is 0 Å². The molecule has 0 spiro atoms. The number of nitrogens with two attached hydrogens (primary N) is 1. The number of thiophene rings is 1. The summed E-state index contributed by atoms with van der Waals surface area (Å²) in [6.45, 7) is 0.881. The molecule has 1 nitrogen and oxygen atoms in total. The fourth-order valence-electron chi connectivity index (χ4n) is 3.89. The molecule has 2 N–H and O–H groups in total. The van der Waals surface area contributed by atoms with E-state index in [-0.39, 0.29) is 0 Å². The van der Waals surface area contributed by atoms with E-state index in [1.54, 1.807) is 4.88 Å². The SMILES string of the molecule is NCCC12CCC(c3cccs3)(CC1)CC2. The quantitative estimate of drug-likeness (QED) is 0.849. The number of hydrogen-bond acceptors (Lipinski definition) is 2. The second kappa shape index (κ2) is 3.85. The minimum absolute atomic E-state index is 0.560. The lowest BCUT2D eigenvalue weighted by molar-refractivity contribution is 0.0364. The molecule has 4 rings (SSSR count). The van der Waals surface area contributed by atoms with Crippen molar-refractivity contribution in [3.8, 4) is 0 Å². The lowest BCUT2D eigenvalue weighted by Crippen LogP contribution is -2.44. The monoisotopic (exact) mass is 235 g/mol. The fraction of sp³-hybridized carbons (Fsp3) is 0.714. The topological polar surface area (TPSA) is 26.0 Å². The summed E-state index contributed by atoms with van der Waals surface area (Å²) in [6, 6.07) is 4.57. The zero-order chi connectivity index (χ0) is 11.1. The molecule has 3 saturated carbocycles. The van der Waals surface area contributed by atoms with Gasteiger partial charge in [0.2, 0.25) is 0 Å². The molecule has 16 heavy (non-hydrogen) atoms. The van der Waals surface area contributed by atoms with Crippen molar-refractivity contribution in [2.45, 2.75) is 50.4 Å². The van der Waals surface area contributed by atoms with Gasteiger partial charge < -0.3 is 5.73 Å². The average molecular weight is 235 g/mol. The molecule has 2 bridgehead atoms. The van der Waals surface area contributed by atoms with E-state index in [0.717, 1.165) is 6.54 Å². The average Bonchev–Trinajstić information content (AvgIpc) is 2.86. The first-order valence-corrected chi connectivity index (χ1v) is 7.41. The summed E-state index contributed by atoms with van der Waals surface area (Å²) in [4.78, 5) is 1.65. The van der Waals surface area contributed by atoms with Gasteiger partial charge in [-0.05, 0) is 68.4 Å². The molecule has 0 saturated heterocycles. The van der Waals surface area contributed by atoms with Crippen LogP contribution in [0.3, 0.4) is 0 Å². The summed E-state index contributed by atoms with van der Waals surface area (Å²) < 4.78 is 0. The van der Waals surface area contributed by atoms with E-state index in [0.29, 0.717) is 10.8 Å². The van der Waals surface area contributed by atoms with Gasteiger partial charge in [-0.2, -0.15) is 0 Å². The standard InChI is InChI=1S/C14H21NS/c15-10-9-13-3-6-14(7-4-13,8-5-13)12-2-1-11-16-12/h1-2,11H,3-10,15H2. The van der Waals surface area contributed by atoms with Crippen LogP contribution in [0.4, 0.5) is 0 Å². The van der Waals surface area contributed by atoms with Gasteiger partial charge in [0.25, 0.3) is 0 Å². The Balaban J connectivity index is 1.81. The number of hydrogen-bond donors (Lipinski definition) is 1. The number of fused-ring (bicyclic) bond motifs is 3. The molecule has 3 fully saturated rings. The lowest BCUT2D eigenvalue weighted by atomic mass is 9.52. The van der Waals surface area contributed by atoms with E-state index in [1.165, 1.54) is 44.9 Å². The van der Waals surface area contributed by atoms with E-state index < -0.39 is 0 Å². The molecule has 88 valence electrons. The van der Waals surface area contributed by atoms with Gasteiger partial charge in [0.05, 0.1) is 0 Å². The van der Waals surface area contributed by atoms with E-state index in [1.807, 2.05) is 11.3 Å². The highest BCUT2D eigenvalue weighted by atomic mass is 32.1. The van der Waals surface area contributed by atoms with Gasteiger partial charge in [0.1, 0.15) is 0 Å². The van der Waals surface area contributed by atoms with E-state index in [9.17, 15) is 0 Å². The summed E-state index contributed by atoms with van der Waals surface area (Å²) in [5.41, 5.74) is 6.96. The maximum Gasteiger partial charge on any atom is 0.0107 e. The first kappa shape index (κ1) is 10.8. The Labute approximate surface area is 102 Å². The van der Waals surface area contributed by atoms with Crippen LogP contribution < -0.4 is 5.73 Å². The van der Waals surface area contributed by atoms with Gasteiger partial charge in [-0.1, -0.05) is 6.07 Å². The molecule has 1 aromatic rings. The molecule has 3 aliphatic rings. The van der Waals surface area contributed by atoms with Crippen LogP contribution in [-0.4, -0.2) is 6.54 Å². The Morgan fingerprint density at radius 1 is 1.12 bits per heavy atom. The van der Waals surface area contributed by atoms with Crippen LogP contribution in [0.15, 0.2) is 17.5 Å². The third kappa shape index (κ3) is 1.54. The third-order valence-electron chi connectivity index (χ3n) is 5.12. The van der Waals surface area contributed by atoms with Crippen LogP contribution in [0.2, 0.25) is 0 Å². The maximum absolute atomic E-state index is 5.77. The molecule has 0 amide bonds. The first-order chi connectivity index (χ1) is 7.79. The fourth-order valence-corrected chi connectivity index (χ4v) is 4.91. The molecule has 0 unspecified atom stereocenters. The normalized spacial score (nSPS) is 37.8. The van der Waals surface area contributed by atoms with Gasteiger partial charge in [0.15, 0.2) is 0 Å². The highest BCUT2D eigenvalue weighted by Crippen LogP contribution is 2.59. The molecule has 2 heteroatoms. The molecule has 1 aromatic heterocycles. The van der Waals surface area contributed by atoms with Crippen molar-refractivity contribution >= 4 is 11.3 Å². The van der Waals surface area contributed by atoms with Crippen LogP contribution in [0.1, 0.15) is 49.8 Å². The summed E-state index contributed by atoms with van der Waals surface area (Å²) in [6.07, 6.45) is 9.74. The zero-order valence-electron chi connectivity index (χ0n) is 9.87. The molecule has 0 aromatic carbocycles. The Bertz CT molecular complexity index is 330. The molecular weight excluding hydrogens is 214 g/mol. The molecule has 3 aliphatic carbocycles. The van der Waals surface area contributed by atoms with Crippen molar-refractivity contribution in [3.05, 3.63) is 22.4 Å².